The summed E-state index contributed by atoms with van der Waals surface area (Å²) in [4.78, 5) is 26.3. The van der Waals surface area contributed by atoms with E-state index < -0.39 is 65.7 Å². The maximum absolute atomic E-state index is 14.8. The summed E-state index contributed by atoms with van der Waals surface area (Å²) in [6, 6.07) is 5.04. The van der Waals surface area contributed by atoms with Gasteiger partial charge >= 0.3 is 6.18 Å². The number of nitrogens with one attached hydrogen (secondary N) is 1. The topological polar surface area (TPSA) is 58.6 Å². The first-order valence-corrected chi connectivity index (χ1v) is 11.7. The first-order chi connectivity index (χ1) is 16.8. The van der Waals surface area contributed by atoms with Gasteiger partial charge in [-0.1, -0.05) is 23.2 Å². The molecule has 0 radical (unpaired) electrons. The van der Waals surface area contributed by atoms with Crippen LogP contribution in [0, 0.1) is 11.6 Å². The maximum atomic E-state index is 14.8. The molecule has 1 heterocycles. The molecule has 0 aromatic heterocycles. The average Bonchev–Trinajstić information content (AvgIpc) is 3.48. The van der Waals surface area contributed by atoms with Crippen LogP contribution in [0.4, 0.5) is 22.0 Å². The van der Waals surface area contributed by atoms with E-state index in [1.807, 2.05) is 0 Å². The van der Waals surface area contributed by atoms with Gasteiger partial charge in [0.15, 0.2) is 0 Å². The molecule has 1 aliphatic carbocycles. The number of carbonyl (C=O) groups excluding carboxylic acids is 2. The molecule has 0 unspecified atom stereocenters. The summed E-state index contributed by atoms with van der Waals surface area (Å²) in [6.07, 6.45) is -3.59. The smallest absolute Gasteiger partial charge is 0.406 e. The van der Waals surface area contributed by atoms with E-state index in [0.29, 0.717) is 27.8 Å². The zero-order valence-corrected chi connectivity index (χ0v) is 20.4. The molecule has 1 aliphatic heterocycles. The molecule has 1 saturated carbocycles. The van der Waals surface area contributed by atoms with E-state index >= 15 is 0 Å². The number of amides is 2. The fourth-order valence-electron chi connectivity index (χ4n) is 4.72. The van der Waals surface area contributed by atoms with E-state index in [0.717, 1.165) is 17.7 Å². The Kier molecular flexibility index (Phi) is 7.13. The number of rotatable bonds is 7. The normalized spacial score (nSPS) is 21.0. The van der Waals surface area contributed by atoms with Crippen molar-refractivity contribution in [2.45, 2.75) is 42.8 Å². The third-order valence-corrected chi connectivity index (χ3v) is 7.01. The van der Waals surface area contributed by atoms with Gasteiger partial charge in [-0.25, -0.2) is 8.78 Å². The number of hydrogen-bond acceptors (Lipinski definition) is 3. The second-order valence-corrected chi connectivity index (χ2v) is 9.98. The summed E-state index contributed by atoms with van der Waals surface area (Å²) in [5.41, 5.74) is -0.477. The largest absolute Gasteiger partial charge is 0.497 e. The molecular weight excluding hydrogens is 530 g/mol. The Bertz CT molecular complexity index is 1160. The number of halogens is 7. The molecule has 2 amide bonds. The Hall–Kier alpha value is -2.59. The minimum Gasteiger partial charge on any atom is -0.497 e. The Morgan fingerprint density at radius 2 is 1.69 bits per heavy atom. The van der Waals surface area contributed by atoms with E-state index in [9.17, 15) is 31.5 Å². The van der Waals surface area contributed by atoms with Gasteiger partial charge in [0, 0.05) is 52.0 Å². The molecule has 1 N–H and O–H groups in total. The third-order valence-electron chi connectivity index (χ3n) is 6.57. The Balaban J connectivity index is 1.61. The van der Waals surface area contributed by atoms with Crippen molar-refractivity contribution < 1.29 is 36.3 Å². The highest BCUT2D eigenvalue weighted by Crippen LogP contribution is 2.52. The Morgan fingerprint density at radius 3 is 2.19 bits per heavy atom. The number of benzene rings is 2. The highest BCUT2D eigenvalue weighted by Gasteiger charge is 2.50. The molecule has 2 aromatic carbocycles. The van der Waals surface area contributed by atoms with Gasteiger partial charge in [0.1, 0.15) is 30.0 Å². The molecule has 0 bridgehead atoms. The first-order valence-electron chi connectivity index (χ1n) is 11.0. The number of carbonyl (C=O) groups is 2. The van der Waals surface area contributed by atoms with Crippen LogP contribution >= 0.6 is 23.2 Å². The zero-order chi connectivity index (χ0) is 26.4. The van der Waals surface area contributed by atoms with Gasteiger partial charge in [0.05, 0.1) is 7.11 Å². The number of nitrogens with zero attached hydrogens (tertiary/aromatic N) is 1. The summed E-state index contributed by atoms with van der Waals surface area (Å²) < 4.78 is 73.7. The summed E-state index contributed by atoms with van der Waals surface area (Å²) in [6.45, 7) is -2.24. The van der Waals surface area contributed by atoms with Crippen molar-refractivity contribution in [3.05, 3.63) is 63.1 Å². The van der Waals surface area contributed by atoms with Gasteiger partial charge in [-0.2, -0.15) is 13.2 Å². The highest BCUT2D eigenvalue weighted by atomic mass is 35.5. The molecule has 36 heavy (non-hydrogen) atoms. The summed E-state index contributed by atoms with van der Waals surface area (Å²) >= 11 is 12.2. The van der Waals surface area contributed by atoms with Crippen LogP contribution in [0.15, 0.2) is 30.3 Å². The SMILES string of the molecule is COc1cc(F)c([C@@H]2CN(CC(F)(F)F)C(=O)[C@H]2NC(=O)CC2(c3cc(Cl)cc(Cl)c3)CC2)c(F)c1. The Labute approximate surface area is 213 Å². The molecule has 5 nitrogen and oxygen atoms in total. The molecule has 2 aromatic rings. The zero-order valence-electron chi connectivity index (χ0n) is 18.9. The number of hydrogen-bond donors (Lipinski definition) is 1. The molecule has 2 atom stereocenters. The molecule has 1 saturated heterocycles. The van der Waals surface area contributed by atoms with Crippen LogP contribution in [0.2, 0.25) is 10.0 Å². The van der Waals surface area contributed by atoms with Crippen molar-refractivity contribution in [1.29, 1.82) is 0 Å². The van der Waals surface area contributed by atoms with E-state index in [4.69, 9.17) is 27.9 Å². The van der Waals surface area contributed by atoms with Crippen LogP contribution in [0.1, 0.15) is 36.3 Å². The van der Waals surface area contributed by atoms with Gasteiger partial charge < -0.3 is 15.0 Å². The van der Waals surface area contributed by atoms with Crippen LogP contribution in [0.25, 0.3) is 0 Å². The minimum absolute atomic E-state index is 0.104. The fraction of sp³-hybridized carbons (Fsp3) is 0.417. The van der Waals surface area contributed by atoms with Crippen LogP contribution in [0.3, 0.4) is 0 Å². The van der Waals surface area contributed by atoms with Gasteiger partial charge in [0.2, 0.25) is 11.8 Å². The molecule has 12 heteroatoms. The predicted molar refractivity (Wildman–Crippen MR) is 122 cm³/mol. The van der Waals surface area contributed by atoms with Gasteiger partial charge in [-0.05, 0) is 36.6 Å². The van der Waals surface area contributed by atoms with Crippen molar-refractivity contribution in [3.8, 4) is 5.75 Å². The quantitative estimate of drug-likeness (QED) is 0.471. The number of likely N-dealkylation sites (tertiary alicyclic amines) is 1. The molecule has 194 valence electrons. The van der Waals surface area contributed by atoms with E-state index in [-0.39, 0.29) is 12.2 Å². The predicted octanol–water partition coefficient (Wildman–Crippen LogP) is 5.38. The maximum Gasteiger partial charge on any atom is 0.406 e. The Morgan fingerprint density at radius 1 is 1.11 bits per heavy atom. The lowest BCUT2D eigenvalue weighted by Crippen LogP contribution is -2.45. The van der Waals surface area contributed by atoms with E-state index in [1.54, 1.807) is 12.1 Å². The monoisotopic (exact) mass is 550 g/mol. The van der Waals surface area contributed by atoms with Crippen molar-refractivity contribution in [2.75, 3.05) is 20.2 Å². The van der Waals surface area contributed by atoms with E-state index in [2.05, 4.69) is 5.32 Å². The standard InChI is InChI=1S/C24H21Cl2F5N2O3/c1-36-15-7-17(27)20(18(28)8-15)16-10-33(11-24(29,30)31)22(35)21(16)32-19(34)9-23(2-3-23)12-4-13(25)6-14(26)5-12/h4-8,16,21H,2-3,9-11H2,1H3,(H,32,34)/t16-,21-/m0/s1. The molecule has 4 rings (SSSR count). The fourth-order valence-corrected chi connectivity index (χ4v) is 5.25. The molecular formula is C24H21Cl2F5N2O3. The van der Waals surface area contributed by atoms with Crippen molar-refractivity contribution >= 4 is 35.0 Å². The van der Waals surface area contributed by atoms with Crippen LogP contribution < -0.4 is 10.1 Å². The van der Waals surface area contributed by atoms with E-state index in [1.165, 1.54) is 13.2 Å². The van der Waals surface area contributed by atoms with Crippen molar-refractivity contribution in [1.82, 2.24) is 10.2 Å². The average molecular weight is 551 g/mol. The second-order valence-electron chi connectivity index (χ2n) is 9.11. The van der Waals surface area contributed by atoms with Crippen molar-refractivity contribution in [2.24, 2.45) is 0 Å². The summed E-state index contributed by atoms with van der Waals surface area (Å²) in [7, 11) is 1.20. The van der Waals surface area contributed by atoms with Gasteiger partial charge in [-0.3, -0.25) is 9.59 Å². The highest BCUT2D eigenvalue weighted by molar-refractivity contribution is 6.34. The lowest BCUT2D eigenvalue weighted by atomic mass is 9.90. The summed E-state index contributed by atoms with van der Waals surface area (Å²) in [5.74, 6) is -5.42. The first kappa shape index (κ1) is 26.5. The number of methoxy groups -OCH3 is 1. The van der Waals surface area contributed by atoms with Crippen LogP contribution in [-0.4, -0.2) is 49.1 Å². The van der Waals surface area contributed by atoms with Crippen LogP contribution in [0.5, 0.6) is 5.75 Å². The van der Waals surface area contributed by atoms with Gasteiger partial charge in [-0.15, -0.1) is 0 Å². The molecule has 2 aliphatic rings. The lowest BCUT2D eigenvalue weighted by molar-refractivity contribution is -0.158. The third kappa shape index (κ3) is 5.54. The summed E-state index contributed by atoms with van der Waals surface area (Å²) in [5, 5.41) is 3.20. The van der Waals surface area contributed by atoms with Crippen LogP contribution in [-0.2, 0) is 15.0 Å². The number of ether oxygens (including phenoxy) is 1. The van der Waals surface area contributed by atoms with Crippen molar-refractivity contribution in [3.63, 3.8) is 0 Å². The molecule has 2 fully saturated rings. The van der Waals surface area contributed by atoms with Gasteiger partial charge in [0.25, 0.3) is 0 Å². The minimum atomic E-state index is -4.74. The lowest BCUT2D eigenvalue weighted by Gasteiger charge is -2.22. The second kappa shape index (κ2) is 9.70. The number of alkyl halides is 3. The molecule has 0 spiro atoms.